The van der Waals surface area contributed by atoms with Gasteiger partial charge in [-0.05, 0) is 42.3 Å². The topological polar surface area (TPSA) is 85.0 Å². The van der Waals surface area contributed by atoms with Gasteiger partial charge in [-0.2, -0.15) is 0 Å². The first-order chi connectivity index (χ1) is 18.0. The Balaban J connectivity index is 1.58. The molecule has 4 aromatic rings. The Morgan fingerprint density at radius 1 is 0.919 bits per heavy atom. The summed E-state index contributed by atoms with van der Waals surface area (Å²) in [7, 11) is 0. The molecule has 2 heterocycles. The molecule has 0 aliphatic carbocycles. The average Bonchev–Trinajstić information content (AvgIpc) is 3.32. The molecule has 2 aliphatic heterocycles. The van der Waals surface area contributed by atoms with Gasteiger partial charge >= 0.3 is 0 Å². The van der Waals surface area contributed by atoms with E-state index in [1.54, 1.807) is 12.1 Å². The summed E-state index contributed by atoms with van der Waals surface area (Å²) < 4.78 is 0. The Hall–Kier alpha value is -4.78. The summed E-state index contributed by atoms with van der Waals surface area (Å²) in [6.07, 6.45) is 0. The maximum atomic E-state index is 14.5. The molecule has 7 nitrogen and oxygen atoms in total. The van der Waals surface area contributed by atoms with Crippen molar-refractivity contribution >= 4 is 22.9 Å². The number of Topliss-reactive ketones (excluding diaryl/α,β-unsaturated/α-hetero) is 1. The molecular formula is C30H23N3O4. The second kappa shape index (κ2) is 8.71. The number of hydrogen-bond donors (Lipinski definition) is 0. The Morgan fingerprint density at radius 3 is 2.30 bits per heavy atom. The minimum Gasteiger partial charge on any atom is -0.357 e. The molecule has 0 amide bonds. The van der Waals surface area contributed by atoms with Crippen LogP contribution in [0.15, 0.2) is 108 Å². The van der Waals surface area contributed by atoms with Crippen molar-refractivity contribution in [3.05, 3.63) is 141 Å². The van der Waals surface area contributed by atoms with Gasteiger partial charge < -0.3 is 9.74 Å². The number of nitro groups is 1. The number of rotatable bonds is 4. The molecular weight excluding hydrogens is 466 g/mol. The van der Waals surface area contributed by atoms with Crippen molar-refractivity contribution in [3.8, 4) is 0 Å². The van der Waals surface area contributed by atoms with Gasteiger partial charge in [-0.25, -0.2) is 0 Å². The fraction of sp³-hybridized carbons (Fsp3) is 0.133. The highest BCUT2D eigenvalue weighted by Crippen LogP contribution is 2.49. The maximum absolute atomic E-state index is 14.5. The fourth-order valence-electron chi connectivity index (χ4n) is 5.28. The van der Waals surface area contributed by atoms with Crippen LogP contribution in [-0.2, 0) is 11.4 Å². The van der Waals surface area contributed by atoms with Gasteiger partial charge in [-0.15, -0.1) is 0 Å². The number of aryl methyl sites for hydroxylation is 1. The molecule has 0 radical (unpaired) electrons. The zero-order chi connectivity index (χ0) is 25.6. The van der Waals surface area contributed by atoms with Crippen LogP contribution in [0.4, 0.5) is 11.4 Å². The van der Waals surface area contributed by atoms with Gasteiger partial charge in [-0.3, -0.25) is 14.9 Å². The lowest BCUT2D eigenvalue weighted by Gasteiger charge is -2.46. The minimum absolute atomic E-state index is 0.0153. The quantitative estimate of drug-likeness (QED) is 0.258. The SMILES string of the molecule is Cc1ccc([C@H]2C(c3ccc([N+](=O)[O-])cc3)=NO[C@]23C(=O)c2ccccc2CN3c2ccccc2)cc1. The zero-order valence-electron chi connectivity index (χ0n) is 20.1. The van der Waals surface area contributed by atoms with Crippen molar-refractivity contribution in [2.24, 2.45) is 5.16 Å². The number of oxime groups is 1. The van der Waals surface area contributed by atoms with E-state index in [0.29, 0.717) is 23.4 Å². The number of anilines is 1. The summed E-state index contributed by atoms with van der Waals surface area (Å²) in [5.74, 6) is -0.764. The van der Waals surface area contributed by atoms with Crippen LogP contribution in [0.1, 0.15) is 38.5 Å². The number of benzene rings is 4. The van der Waals surface area contributed by atoms with E-state index >= 15 is 0 Å². The second-order valence-corrected chi connectivity index (χ2v) is 9.32. The van der Waals surface area contributed by atoms with Crippen molar-refractivity contribution in [1.29, 1.82) is 0 Å². The molecule has 4 aromatic carbocycles. The maximum Gasteiger partial charge on any atom is 0.286 e. The summed E-state index contributed by atoms with van der Waals surface area (Å²) in [6.45, 7) is 2.46. The van der Waals surface area contributed by atoms with Crippen LogP contribution in [0.5, 0.6) is 0 Å². The highest BCUT2D eigenvalue weighted by atomic mass is 16.7. The van der Waals surface area contributed by atoms with Crippen LogP contribution in [0.2, 0.25) is 0 Å². The Morgan fingerprint density at radius 2 is 1.59 bits per heavy atom. The zero-order valence-corrected chi connectivity index (χ0v) is 20.1. The molecule has 2 aliphatic rings. The highest BCUT2D eigenvalue weighted by molar-refractivity contribution is 6.16. The smallest absolute Gasteiger partial charge is 0.286 e. The van der Waals surface area contributed by atoms with Crippen molar-refractivity contribution in [2.75, 3.05) is 4.90 Å². The summed E-state index contributed by atoms with van der Waals surface area (Å²) in [5, 5.41) is 15.8. The molecule has 0 unspecified atom stereocenters. The number of carbonyl (C=O) groups excluding carboxylic acids is 1. The van der Waals surface area contributed by atoms with E-state index in [9.17, 15) is 14.9 Å². The summed E-state index contributed by atoms with van der Waals surface area (Å²) in [5.41, 5.74) is 4.03. The number of nitro benzene ring substituents is 1. The Labute approximate surface area is 213 Å². The third-order valence-electron chi connectivity index (χ3n) is 7.12. The number of non-ortho nitro benzene ring substituents is 1. The lowest BCUT2D eigenvalue weighted by Crippen LogP contribution is -2.61. The summed E-state index contributed by atoms with van der Waals surface area (Å²) >= 11 is 0. The highest BCUT2D eigenvalue weighted by Gasteiger charge is 2.62. The molecule has 2 atom stereocenters. The Bertz CT molecular complexity index is 1530. The van der Waals surface area contributed by atoms with Gasteiger partial charge in [0.2, 0.25) is 5.78 Å². The number of ketones is 1. The van der Waals surface area contributed by atoms with E-state index < -0.39 is 16.6 Å². The van der Waals surface area contributed by atoms with E-state index in [4.69, 9.17) is 4.84 Å². The summed E-state index contributed by atoms with van der Waals surface area (Å²) in [4.78, 5) is 33.6. The normalized spacial score (nSPS) is 20.4. The predicted molar refractivity (Wildman–Crippen MR) is 141 cm³/mol. The van der Waals surface area contributed by atoms with Crippen LogP contribution >= 0.6 is 0 Å². The molecule has 0 fully saturated rings. The molecule has 7 heteroatoms. The molecule has 37 heavy (non-hydrogen) atoms. The van der Waals surface area contributed by atoms with Crippen molar-refractivity contribution in [1.82, 2.24) is 0 Å². The van der Waals surface area contributed by atoms with E-state index in [1.165, 1.54) is 12.1 Å². The van der Waals surface area contributed by atoms with Crippen molar-refractivity contribution in [2.45, 2.75) is 25.1 Å². The molecule has 0 saturated carbocycles. The number of para-hydroxylation sites is 1. The molecule has 1 spiro atoms. The predicted octanol–water partition coefficient (Wildman–Crippen LogP) is 6.02. The van der Waals surface area contributed by atoms with Crippen LogP contribution in [0.3, 0.4) is 0 Å². The van der Waals surface area contributed by atoms with Gasteiger partial charge in [0.1, 0.15) is 11.6 Å². The fourth-order valence-corrected chi connectivity index (χ4v) is 5.28. The monoisotopic (exact) mass is 489 g/mol. The molecule has 0 N–H and O–H groups in total. The largest absolute Gasteiger partial charge is 0.357 e. The van der Waals surface area contributed by atoms with E-state index in [0.717, 1.165) is 22.4 Å². The Kier molecular flexibility index (Phi) is 5.34. The third-order valence-corrected chi connectivity index (χ3v) is 7.12. The van der Waals surface area contributed by atoms with Gasteiger partial charge in [0.15, 0.2) is 0 Å². The second-order valence-electron chi connectivity index (χ2n) is 9.32. The van der Waals surface area contributed by atoms with Gasteiger partial charge in [-0.1, -0.05) is 77.4 Å². The standard InChI is InChI=1S/C30H23N3O4/c1-20-11-13-21(14-12-20)27-28(22-15-17-25(18-16-22)33(35)36)31-37-30(27)29(34)26-10-6-5-7-23(26)19-32(30)24-8-3-2-4-9-24/h2-18,27H,19H2,1H3/t27-,30-/m0/s1. The lowest BCUT2D eigenvalue weighted by molar-refractivity contribution is -0.384. The van der Waals surface area contributed by atoms with Gasteiger partial charge in [0.25, 0.3) is 11.4 Å². The number of carbonyl (C=O) groups is 1. The van der Waals surface area contributed by atoms with Crippen molar-refractivity contribution < 1.29 is 14.6 Å². The van der Waals surface area contributed by atoms with E-state index in [-0.39, 0.29) is 11.5 Å². The number of fused-ring (bicyclic) bond motifs is 1. The van der Waals surface area contributed by atoms with E-state index in [1.807, 2.05) is 90.7 Å². The number of nitrogens with zero attached hydrogens (tertiary/aromatic N) is 3. The molecule has 0 aromatic heterocycles. The van der Waals surface area contributed by atoms with E-state index in [2.05, 4.69) is 5.16 Å². The van der Waals surface area contributed by atoms with Crippen LogP contribution in [-0.4, -0.2) is 22.1 Å². The van der Waals surface area contributed by atoms with Crippen LogP contribution in [0.25, 0.3) is 0 Å². The minimum atomic E-state index is -1.47. The first-order valence-electron chi connectivity index (χ1n) is 12.0. The van der Waals surface area contributed by atoms with Crippen molar-refractivity contribution in [3.63, 3.8) is 0 Å². The number of hydrogen-bond acceptors (Lipinski definition) is 6. The van der Waals surface area contributed by atoms with Gasteiger partial charge in [0, 0.05) is 35.5 Å². The molecule has 0 saturated heterocycles. The third kappa shape index (κ3) is 3.59. The lowest BCUT2D eigenvalue weighted by atomic mass is 9.75. The average molecular weight is 490 g/mol. The molecule has 0 bridgehead atoms. The molecule has 6 rings (SSSR count). The van der Waals surface area contributed by atoms with Crippen LogP contribution < -0.4 is 4.90 Å². The first-order valence-corrected chi connectivity index (χ1v) is 12.0. The van der Waals surface area contributed by atoms with Gasteiger partial charge in [0.05, 0.1) is 4.92 Å². The first kappa shape index (κ1) is 22.7. The van der Waals surface area contributed by atoms with Crippen LogP contribution in [0, 0.1) is 17.0 Å². The molecule has 182 valence electrons. The summed E-state index contributed by atoms with van der Waals surface area (Å²) in [6, 6.07) is 31.5.